The Morgan fingerprint density at radius 2 is 1.68 bits per heavy atom. The highest BCUT2D eigenvalue weighted by Gasteiger charge is 2.19. The van der Waals surface area contributed by atoms with Gasteiger partial charge in [0.05, 0.1) is 11.0 Å². The Kier molecular flexibility index (Phi) is 5.33. The second-order valence-electron chi connectivity index (χ2n) is 9.95. The van der Waals surface area contributed by atoms with Crippen LogP contribution in [0.5, 0.6) is 17.4 Å². The number of rotatable bonds is 4. The number of aryl methyl sites for hydroxylation is 3. The van der Waals surface area contributed by atoms with Crippen molar-refractivity contribution in [1.82, 2.24) is 19.5 Å². The van der Waals surface area contributed by atoms with E-state index in [0.717, 1.165) is 55.4 Å². The molecule has 0 radical (unpaired) electrons. The SMILES string of the molecule is Cc1ccc2c(C)cc(Oc3cc(C)c4c5cnc(C(C)C)cc5n(-c5ccccn5)c4c3)nc2c1O. The van der Waals surface area contributed by atoms with Gasteiger partial charge in [0.25, 0.3) is 0 Å². The van der Waals surface area contributed by atoms with E-state index < -0.39 is 0 Å². The second-order valence-corrected chi connectivity index (χ2v) is 9.95. The first-order valence-electron chi connectivity index (χ1n) is 12.5. The van der Waals surface area contributed by atoms with Gasteiger partial charge in [0.15, 0.2) is 0 Å². The maximum Gasteiger partial charge on any atom is 0.220 e. The normalized spacial score (nSPS) is 11.7. The van der Waals surface area contributed by atoms with Gasteiger partial charge in [-0.2, -0.15) is 0 Å². The number of ether oxygens (including phenoxy) is 1. The van der Waals surface area contributed by atoms with Gasteiger partial charge in [-0.25, -0.2) is 9.97 Å². The third-order valence-electron chi connectivity index (χ3n) is 6.97. The molecule has 1 N–H and O–H groups in total. The summed E-state index contributed by atoms with van der Waals surface area (Å²) in [5, 5.41) is 13.7. The van der Waals surface area contributed by atoms with Crippen molar-refractivity contribution >= 4 is 32.7 Å². The molecule has 0 bridgehead atoms. The molecule has 0 fully saturated rings. The minimum Gasteiger partial charge on any atom is -0.505 e. The minimum absolute atomic E-state index is 0.182. The van der Waals surface area contributed by atoms with E-state index in [0.29, 0.717) is 23.1 Å². The zero-order chi connectivity index (χ0) is 25.8. The van der Waals surface area contributed by atoms with Gasteiger partial charge in [-0.15, -0.1) is 0 Å². The predicted octanol–water partition coefficient (Wildman–Crippen LogP) is 7.67. The van der Waals surface area contributed by atoms with E-state index in [2.05, 4.69) is 41.4 Å². The Labute approximate surface area is 215 Å². The number of benzene rings is 2. The molecule has 4 aromatic heterocycles. The monoisotopic (exact) mass is 488 g/mol. The molecular formula is C31H28N4O2. The fraction of sp³-hybridized carbons (Fsp3) is 0.194. The van der Waals surface area contributed by atoms with Crippen molar-refractivity contribution < 1.29 is 9.84 Å². The summed E-state index contributed by atoms with van der Waals surface area (Å²) >= 11 is 0. The zero-order valence-electron chi connectivity index (χ0n) is 21.6. The van der Waals surface area contributed by atoms with Crippen molar-refractivity contribution in [3.63, 3.8) is 0 Å². The van der Waals surface area contributed by atoms with Crippen LogP contribution in [0.1, 0.15) is 42.1 Å². The Bertz CT molecular complexity index is 1820. The maximum atomic E-state index is 10.6. The molecule has 0 aliphatic rings. The van der Waals surface area contributed by atoms with Gasteiger partial charge in [0.2, 0.25) is 5.88 Å². The lowest BCUT2D eigenvalue weighted by Gasteiger charge is -2.12. The van der Waals surface area contributed by atoms with E-state index in [4.69, 9.17) is 9.72 Å². The number of pyridine rings is 3. The van der Waals surface area contributed by atoms with Gasteiger partial charge < -0.3 is 9.84 Å². The van der Waals surface area contributed by atoms with Crippen molar-refractivity contribution in [2.24, 2.45) is 0 Å². The number of fused-ring (bicyclic) bond motifs is 4. The van der Waals surface area contributed by atoms with E-state index >= 15 is 0 Å². The largest absolute Gasteiger partial charge is 0.505 e. The average Bonchev–Trinajstić information content (AvgIpc) is 3.20. The van der Waals surface area contributed by atoms with Gasteiger partial charge in [-0.05, 0) is 67.6 Å². The maximum absolute atomic E-state index is 10.6. The molecular weight excluding hydrogens is 460 g/mol. The summed E-state index contributed by atoms with van der Waals surface area (Å²) in [5.74, 6) is 2.43. The smallest absolute Gasteiger partial charge is 0.220 e. The molecule has 0 saturated carbocycles. The molecule has 6 heteroatoms. The molecule has 37 heavy (non-hydrogen) atoms. The molecule has 4 heterocycles. The predicted molar refractivity (Wildman–Crippen MR) is 148 cm³/mol. The van der Waals surface area contributed by atoms with Crippen LogP contribution in [0.3, 0.4) is 0 Å². The van der Waals surface area contributed by atoms with E-state index in [1.165, 1.54) is 0 Å². The van der Waals surface area contributed by atoms with Crippen LogP contribution < -0.4 is 4.74 Å². The van der Waals surface area contributed by atoms with Crippen LogP contribution in [0.15, 0.2) is 67.0 Å². The molecule has 0 unspecified atom stereocenters. The van der Waals surface area contributed by atoms with Gasteiger partial charge in [-0.3, -0.25) is 9.55 Å². The van der Waals surface area contributed by atoms with Gasteiger partial charge >= 0.3 is 0 Å². The first-order valence-corrected chi connectivity index (χ1v) is 12.5. The standard InChI is InChI=1S/C31H28N4O2/c1-17(2)24-15-25-23(16-33-24)29-20(5)12-21(14-26(29)35(25)27-8-6-7-11-32-27)37-28-13-19(4)22-10-9-18(3)31(36)30(22)34-28/h6-17,36H,1-5H3. The fourth-order valence-corrected chi connectivity index (χ4v) is 5.03. The summed E-state index contributed by atoms with van der Waals surface area (Å²) in [7, 11) is 0. The van der Waals surface area contributed by atoms with Crippen molar-refractivity contribution in [2.75, 3.05) is 0 Å². The van der Waals surface area contributed by atoms with Crippen molar-refractivity contribution in [3.05, 3.63) is 89.4 Å². The Hall–Kier alpha value is -4.45. The summed E-state index contributed by atoms with van der Waals surface area (Å²) in [6, 6.07) is 17.9. The van der Waals surface area contributed by atoms with Crippen LogP contribution in [0.2, 0.25) is 0 Å². The molecule has 2 aromatic carbocycles. The van der Waals surface area contributed by atoms with Crippen LogP contribution in [0.25, 0.3) is 38.5 Å². The van der Waals surface area contributed by atoms with Gasteiger partial charge in [0.1, 0.15) is 22.8 Å². The highest BCUT2D eigenvalue weighted by atomic mass is 16.5. The highest BCUT2D eigenvalue weighted by molar-refractivity contribution is 6.11. The third-order valence-corrected chi connectivity index (χ3v) is 6.97. The summed E-state index contributed by atoms with van der Waals surface area (Å²) in [6.07, 6.45) is 3.78. The van der Waals surface area contributed by atoms with Crippen molar-refractivity contribution in [3.8, 4) is 23.2 Å². The van der Waals surface area contributed by atoms with E-state index in [9.17, 15) is 5.11 Å². The quantitative estimate of drug-likeness (QED) is 0.276. The second kappa shape index (κ2) is 8.59. The topological polar surface area (TPSA) is 73.1 Å². The van der Waals surface area contributed by atoms with Gasteiger partial charge in [0, 0.05) is 46.4 Å². The van der Waals surface area contributed by atoms with E-state index in [-0.39, 0.29) is 5.75 Å². The molecule has 6 rings (SSSR count). The van der Waals surface area contributed by atoms with E-state index in [1.807, 2.05) is 68.6 Å². The summed E-state index contributed by atoms with van der Waals surface area (Å²) in [6.45, 7) is 10.3. The molecule has 0 aliphatic heterocycles. The molecule has 0 aliphatic carbocycles. The first-order chi connectivity index (χ1) is 17.8. The molecule has 6 aromatic rings. The highest BCUT2D eigenvalue weighted by Crippen LogP contribution is 2.38. The van der Waals surface area contributed by atoms with Crippen LogP contribution in [0.4, 0.5) is 0 Å². The van der Waals surface area contributed by atoms with Gasteiger partial charge in [-0.1, -0.05) is 32.0 Å². The Morgan fingerprint density at radius 3 is 2.43 bits per heavy atom. The molecule has 0 amide bonds. The van der Waals surface area contributed by atoms with Crippen LogP contribution >= 0.6 is 0 Å². The lowest BCUT2D eigenvalue weighted by Crippen LogP contribution is -1.99. The molecule has 184 valence electrons. The lowest BCUT2D eigenvalue weighted by atomic mass is 10.1. The number of phenols is 1. The van der Waals surface area contributed by atoms with Crippen LogP contribution in [-0.2, 0) is 0 Å². The summed E-state index contributed by atoms with van der Waals surface area (Å²) in [4.78, 5) is 14.1. The summed E-state index contributed by atoms with van der Waals surface area (Å²) in [5.41, 5.74) is 6.47. The average molecular weight is 489 g/mol. The molecule has 0 saturated heterocycles. The van der Waals surface area contributed by atoms with Crippen molar-refractivity contribution in [2.45, 2.75) is 40.5 Å². The minimum atomic E-state index is 0.182. The lowest BCUT2D eigenvalue weighted by molar-refractivity contribution is 0.458. The molecule has 0 spiro atoms. The number of aromatic hydroxyl groups is 1. The summed E-state index contributed by atoms with van der Waals surface area (Å²) < 4.78 is 8.50. The number of nitrogens with zero attached hydrogens (tertiary/aromatic N) is 4. The van der Waals surface area contributed by atoms with Crippen LogP contribution in [0, 0.1) is 20.8 Å². The molecule has 0 atom stereocenters. The fourth-order valence-electron chi connectivity index (χ4n) is 5.03. The number of hydrogen-bond acceptors (Lipinski definition) is 5. The number of phenolic OH excluding ortho intramolecular Hbond substituents is 1. The zero-order valence-corrected chi connectivity index (χ0v) is 21.6. The molecule has 6 nitrogen and oxygen atoms in total. The first kappa shape index (κ1) is 23.0. The van der Waals surface area contributed by atoms with Crippen LogP contribution in [-0.4, -0.2) is 24.6 Å². The third kappa shape index (κ3) is 3.76. The Balaban J connectivity index is 1.57. The van der Waals surface area contributed by atoms with E-state index in [1.54, 1.807) is 6.20 Å². The number of hydrogen-bond donors (Lipinski definition) is 1. The number of aromatic nitrogens is 4. The Morgan fingerprint density at radius 1 is 0.838 bits per heavy atom. The van der Waals surface area contributed by atoms with Crippen molar-refractivity contribution in [1.29, 1.82) is 0 Å².